The molecule has 0 bridgehead atoms. The topological polar surface area (TPSA) is 216 Å². The maximum Gasteiger partial charge on any atom is 0.322 e. The van der Waals surface area contributed by atoms with Crippen molar-refractivity contribution in [2.75, 3.05) is 6.54 Å². The first-order valence-corrected chi connectivity index (χ1v) is 15.2. The normalized spacial score (nSPS) is 14.5. The molecule has 0 fully saturated rings. The van der Waals surface area contributed by atoms with Crippen LogP contribution in [0.15, 0.2) is 36.5 Å². The van der Waals surface area contributed by atoms with E-state index >= 15 is 0 Å². The summed E-state index contributed by atoms with van der Waals surface area (Å²) in [5.41, 5.74) is 5.44. The number of carbonyl (C=O) groups is 5. The van der Waals surface area contributed by atoms with Crippen molar-refractivity contribution in [2.24, 2.45) is 5.73 Å². The molecule has 8 N–H and O–H groups in total. The SMILES string of the molecule is CCCCCCCC\C=C/C=C/C=C/C(SC(NC(=O)CC[C@H](N)C(=O)O)C(=O)NCC(=O)O)[C@@H](O)CCCC(=O)O. The summed E-state index contributed by atoms with van der Waals surface area (Å²) in [6.45, 7) is 1.48. The molecule has 0 saturated carbocycles. The third kappa shape index (κ3) is 21.6. The predicted molar refractivity (Wildman–Crippen MR) is 162 cm³/mol. The first-order chi connectivity index (χ1) is 20.0. The lowest BCUT2D eigenvalue weighted by molar-refractivity contribution is -0.139. The van der Waals surface area contributed by atoms with Crippen LogP contribution in [0.25, 0.3) is 0 Å². The van der Waals surface area contributed by atoms with Crippen LogP contribution in [-0.2, 0) is 24.0 Å². The molecule has 0 radical (unpaired) electrons. The Balaban J connectivity index is 5.44. The summed E-state index contributed by atoms with van der Waals surface area (Å²) >= 11 is 0.848. The second-order valence-electron chi connectivity index (χ2n) is 9.75. The second-order valence-corrected chi connectivity index (χ2v) is 11.0. The lowest BCUT2D eigenvalue weighted by Crippen LogP contribution is -2.47. The number of aliphatic carboxylic acids is 3. The molecule has 0 aliphatic rings. The lowest BCUT2D eigenvalue weighted by Gasteiger charge is -2.25. The van der Waals surface area contributed by atoms with Gasteiger partial charge in [-0.1, -0.05) is 75.5 Å². The van der Waals surface area contributed by atoms with Gasteiger partial charge in [-0.25, -0.2) is 0 Å². The summed E-state index contributed by atoms with van der Waals surface area (Å²) in [7, 11) is 0. The zero-order chi connectivity index (χ0) is 31.8. The second kappa shape index (κ2) is 24.4. The van der Waals surface area contributed by atoms with E-state index < -0.39 is 59.0 Å². The first-order valence-electron chi connectivity index (χ1n) is 14.3. The minimum Gasteiger partial charge on any atom is -0.481 e. The monoisotopic (exact) mass is 613 g/mol. The van der Waals surface area contributed by atoms with Crippen LogP contribution in [0.5, 0.6) is 0 Å². The van der Waals surface area contributed by atoms with Crippen LogP contribution in [0.2, 0.25) is 0 Å². The smallest absolute Gasteiger partial charge is 0.322 e. The Labute approximate surface area is 251 Å². The predicted octanol–water partition coefficient (Wildman–Crippen LogP) is 2.96. The molecule has 0 aliphatic carbocycles. The Morgan fingerprint density at radius 2 is 1.50 bits per heavy atom. The molecule has 0 heterocycles. The molecule has 2 amide bonds. The zero-order valence-corrected chi connectivity index (χ0v) is 25.1. The molecule has 13 heteroatoms. The van der Waals surface area contributed by atoms with Gasteiger partial charge in [0.2, 0.25) is 5.91 Å². The van der Waals surface area contributed by atoms with Crippen molar-refractivity contribution in [3.8, 4) is 0 Å². The van der Waals surface area contributed by atoms with Crippen molar-refractivity contribution in [1.82, 2.24) is 10.6 Å². The van der Waals surface area contributed by atoms with Crippen LogP contribution in [0.1, 0.15) is 84.0 Å². The molecular formula is C29H47N3O9S. The Bertz CT molecular complexity index is 924. The highest BCUT2D eigenvalue weighted by atomic mass is 32.2. The van der Waals surface area contributed by atoms with Gasteiger partial charge in [0.25, 0.3) is 5.91 Å². The van der Waals surface area contributed by atoms with Gasteiger partial charge in [0.05, 0.1) is 11.4 Å². The summed E-state index contributed by atoms with van der Waals surface area (Å²) in [4.78, 5) is 58.0. The van der Waals surface area contributed by atoms with Gasteiger partial charge >= 0.3 is 17.9 Å². The molecule has 2 unspecified atom stereocenters. The largest absolute Gasteiger partial charge is 0.481 e. The third-order valence-electron chi connectivity index (χ3n) is 6.00. The number of carboxylic acids is 3. The Morgan fingerprint density at radius 3 is 2.14 bits per heavy atom. The molecule has 0 aromatic carbocycles. The number of aliphatic hydroxyl groups is 1. The molecule has 0 aliphatic heterocycles. The molecule has 42 heavy (non-hydrogen) atoms. The number of hydrogen-bond acceptors (Lipinski definition) is 8. The van der Waals surface area contributed by atoms with Gasteiger partial charge in [-0.05, 0) is 32.1 Å². The highest BCUT2D eigenvalue weighted by Gasteiger charge is 2.28. The number of hydrogen-bond donors (Lipinski definition) is 7. The van der Waals surface area contributed by atoms with Crippen molar-refractivity contribution in [3.63, 3.8) is 0 Å². The summed E-state index contributed by atoms with van der Waals surface area (Å²) in [6.07, 6.45) is 17.6. The van der Waals surface area contributed by atoms with Gasteiger partial charge in [0.15, 0.2) is 5.37 Å². The van der Waals surface area contributed by atoms with Crippen molar-refractivity contribution in [1.29, 1.82) is 0 Å². The minimum absolute atomic E-state index is 0.0983. The zero-order valence-electron chi connectivity index (χ0n) is 24.3. The van der Waals surface area contributed by atoms with Crippen LogP contribution in [0.3, 0.4) is 0 Å². The number of nitrogens with two attached hydrogens (primary N) is 1. The van der Waals surface area contributed by atoms with E-state index in [-0.39, 0.29) is 32.1 Å². The number of thioether (sulfide) groups is 1. The summed E-state index contributed by atoms with van der Waals surface area (Å²) in [6, 6.07) is -1.28. The van der Waals surface area contributed by atoms with Gasteiger partial charge in [-0.2, -0.15) is 0 Å². The van der Waals surface area contributed by atoms with Gasteiger partial charge in [-0.15, -0.1) is 11.8 Å². The minimum atomic E-state index is -1.33. The van der Waals surface area contributed by atoms with Gasteiger partial charge in [-0.3, -0.25) is 24.0 Å². The molecule has 0 spiro atoms. The standard InChI is InChI=1S/C29H47N3O9S/c1-2-3-4-5-6-7-8-9-10-11-12-13-16-23(22(33)15-14-17-25(35)36)42-28(27(39)31-20-26(37)38)32-24(34)19-18-21(30)29(40)41/h9-13,16,21-23,28,33H,2-8,14-15,17-20,30H2,1H3,(H,31,39)(H,32,34)(H,35,36)(H,37,38)(H,40,41)/b10-9-,12-11+,16-13+/t21-,22-,23?,28?/m0/s1. The van der Waals surface area contributed by atoms with E-state index in [9.17, 15) is 29.1 Å². The van der Waals surface area contributed by atoms with E-state index in [1.54, 1.807) is 18.2 Å². The number of carboxylic acid groups (broad SMARTS) is 3. The molecule has 4 atom stereocenters. The first kappa shape index (κ1) is 38.8. The fourth-order valence-electron chi connectivity index (χ4n) is 3.61. The van der Waals surface area contributed by atoms with E-state index in [0.717, 1.165) is 24.6 Å². The summed E-state index contributed by atoms with van der Waals surface area (Å²) in [5, 5.41) is 40.1. The average Bonchev–Trinajstić information content (AvgIpc) is 2.93. The number of aliphatic hydroxyl groups excluding tert-OH is 1. The van der Waals surface area contributed by atoms with Crippen LogP contribution in [0.4, 0.5) is 0 Å². The van der Waals surface area contributed by atoms with Crippen molar-refractivity contribution in [3.05, 3.63) is 36.5 Å². The quantitative estimate of drug-likeness (QED) is 0.0451. The van der Waals surface area contributed by atoms with E-state index in [0.29, 0.717) is 0 Å². The maximum atomic E-state index is 12.7. The van der Waals surface area contributed by atoms with Gasteiger partial charge < -0.3 is 36.8 Å². The van der Waals surface area contributed by atoms with Crippen LogP contribution >= 0.6 is 11.8 Å². The number of unbranched alkanes of at least 4 members (excludes halogenated alkanes) is 6. The highest BCUT2D eigenvalue weighted by Crippen LogP contribution is 2.24. The summed E-state index contributed by atoms with van der Waals surface area (Å²) in [5.74, 6) is -5.12. The Morgan fingerprint density at radius 1 is 0.833 bits per heavy atom. The van der Waals surface area contributed by atoms with Crippen molar-refractivity contribution >= 4 is 41.5 Å². The number of nitrogens with one attached hydrogen (secondary N) is 2. The maximum absolute atomic E-state index is 12.7. The number of allylic oxidation sites excluding steroid dienone is 5. The van der Waals surface area contributed by atoms with Crippen molar-refractivity contribution in [2.45, 2.75) is 107 Å². The van der Waals surface area contributed by atoms with E-state index in [4.69, 9.17) is 21.1 Å². The molecule has 12 nitrogen and oxygen atoms in total. The molecule has 0 aromatic heterocycles. The van der Waals surface area contributed by atoms with E-state index in [1.165, 1.54) is 32.1 Å². The molecule has 238 valence electrons. The molecule has 0 aromatic rings. The third-order valence-corrected chi connectivity index (χ3v) is 7.39. The van der Waals surface area contributed by atoms with Crippen LogP contribution < -0.4 is 16.4 Å². The number of rotatable bonds is 25. The van der Waals surface area contributed by atoms with Crippen LogP contribution in [-0.4, -0.2) is 79.5 Å². The van der Waals surface area contributed by atoms with Crippen LogP contribution in [0, 0.1) is 0 Å². The lowest BCUT2D eigenvalue weighted by atomic mass is 10.1. The van der Waals surface area contributed by atoms with Gasteiger partial charge in [0, 0.05) is 12.8 Å². The Kier molecular flexibility index (Phi) is 22.6. The molecule has 0 rings (SSSR count). The number of amides is 2. The Hall–Kier alpha value is -3.16. The summed E-state index contributed by atoms with van der Waals surface area (Å²) < 4.78 is 0. The van der Waals surface area contributed by atoms with E-state index in [1.807, 2.05) is 12.2 Å². The molecule has 0 saturated heterocycles. The average molecular weight is 614 g/mol. The number of carbonyl (C=O) groups excluding carboxylic acids is 2. The fourth-order valence-corrected chi connectivity index (χ4v) is 4.83. The fraction of sp³-hybridized carbons (Fsp3) is 0.621. The molecular weight excluding hydrogens is 566 g/mol. The van der Waals surface area contributed by atoms with E-state index in [2.05, 4.69) is 23.6 Å². The highest BCUT2D eigenvalue weighted by molar-refractivity contribution is 8.01. The van der Waals surface area contributed by atoms with Gasteiger partial charge in [0.1, 0.15) is 12.6 Å². The van der Waals surface area contributed by atoms with Crippen molar-refractivity contribution < 1.29 is 44.4 Å².